The highest BCUT2D eigenvalue weighted by Crippen LogP contribution is 2.51. The Kier molecular flexibility index (Phi) is 6.97. The number of fused-ring (bicyclic) bond motifs is 3. The molecule has 3 aromatic heterocycles. The molecule has 1 aliphatic carbocycles. The quantitative estimate of drug-likeness (QED) is 0.338. The third-order valence-corrected chi connectivity index (χ3v) is 8.68. The van der Waals surface area contributed by atoms with Crippen molar-refractivity contribution >= 4 is 40.5 Å². The van der Waals surface area contributed by atoms with Gasteiger partial charge in [-0.3, -0.25) is 4.90 Å². The minimum Gasteiger partial charge on any atom is -0.465 e. The second-order valence-electron chi connectivity index (χ2n) is 11.3. The van der Waals surface area contributed by atoms with Crippen LogP contribution in [-0.4, -0.2) is 94.8 Å². The third kappa shape index (κ3) is 5.05. The predicted molar refractivity (Wildman–Crippen MR) is 150 cm³/mol. The summed E-state index contributed by atoms with van der Waals surface area (Å²) in [4.78, 5) is 26.6. The van der Waals surface area contributed by atoms with Gasteiger partial charge in [-0.2, -0.15) is 4.98 Å². The number of rotatable bonds is 7. The van der Waals surface area contributed by atoms with Gasteiger partial charge in [0.1, 0.15) is 11.8 Å². The molecule has 0 radical (unpaired) electrons. The number of carboxylic acid groups (broad SMARTS) is 1. The van der Waals surface area contributed by atoms with Crippen LogP contribution in [0.3, 0.4) is 0 Å². The van der Waals surface area contributed by atoms with Crippen molar-refractivity contribution in [2.24, 2.45) is 5.92 Å². The van der Waals surface area contributed by atoms with E-state index < -0.39 is 12.0 Å². The van der Waals surface area contributed by atoms with Gasteiger partial charge in [-0.1, -0.05) is 23.7 Å². The molecule has 1 saturated carbocycles. The fraction of sp³-hybridized carbons (Fsp3) is 0.519. The van der Waals surface area contributed by atoms with E-state index >= 15 is 0 Å². The second-order valence-corrected chi connectivity index (χ2v) is 11.8. The first-order valence-electron chi connectivity index (χ1n) is 13.7. The van der Waals surface area contributed by atoms with Gasteiger partial charge in [0.05, 0.1) is 6.33 Å². The van der Waals surface area contributed by atoms with Crippen molar-refractivity contribution in [2.45, 2.75) is 57.3 Å². The molecule has 0 bridgehead atoms. The summed E-state index contributed by atoms with van der Waals surface area (Å²) >= 11 is 6.15. The van der Waals surface area contributed by atoms with Crippen molar-refractivity contribution in [3.05, 3.63) is 47.5 Å². The van der Waals surface area contributed by atoms with Gasteiger partial charge < -0.3 is 19.5 Å². The fourth-order valence-electron chi connectivity index (χ4n) is 6.27. The molecule has 11 nitrogen and oxygen atoms in total. The summed E-state index contributed by atoms with van der Waals surface area (Å²) in [6.07, 6.45) is 2.00. The van der Waals surface area contributed by atoms with Crippen LogP contribution in [0.1, 0.15) is 38.3 Å². The van der Waals surface area contributed by atoms with Crippen LogP contribution >= 0.6 is 11.6 Å². The Hall–Kier alpha value is -3.58. The monoisotopic (exact) mass is 587 g/mol. The maximum absolute atomic E-state index is 14.0. The van der Waals surface area contributed by atoms with Crippen LogP contribution in [0.4, 0.5) is 19.4 Å². The standard InChI is InChI=1S/C27H32ClF2N9O2/c1-16-13-38(17(2)12-37(16)22(19-10-27(29,30)11-19)18-4-6-20(28)7-5-18)23-21-24(39-15-32-34-25(39)33-23)36(14-31-21)9-8-35(3)26(40)41/h4-7,14-17,19,22H,8-13H2,1-3H3,(H,40,41)/t16-,17+,22?/m1/s1. The lowest BCUT2D eigenvalue weighted by Crippen LogP contribution is -2.59. The summed E-state index contributed by atoms with van der Waals surface area (Å²) in [6.45, 7) is 6.14. The molecule has 41 heavy (non-hydrogen) atoms. The Bertz CT molecular complexity index is 1570. The Morgan fingerprint density at radius 3 is 2.59 bits per heavy atom. The number of anilines is 1. The van der Waals surface area contributed by atoms with Crippen LogP contribution in [0.15, 0.2) is 36.9 Å². The highest BCUT2D eigenvalue weighted by atomic mass is 35.5. The summed E-state index contributed by atoms with van der Waals surface area (Å²) in [7, 11) is 1.52. The largest absolute Gasteiger partial charge is 0.465 e. The second kappa shape index (κ2) is 10.4. The van der Waals surface area contributed by atoms with Gasteiger partial charge >= 0.3 is 6.09 Å². The number of carbonyl (C=O) groups is 1. The van der Waals surface area contributed by atoms with E-state index in [4.69, 9.17) is 16.6 Å². The molecule has 14 heteroatoms. The maximum atomic E-state index is 14.0. The van der Waals surface area contributed by atoms with E-state index in [0.29, 0.717) is 41.8 Å². The molecule has 4 heterocycles. The van der Waals surface area contributed by atoms with Gasteiger partial charge in [-0.15, -0.1) is 10.2 Å². The number of aromatic nitrogens is 6. The zero-order valence-corrected chi connectivity index (χ0v) is 23.8. The molecule has 6 rings (SSSR count). The van der Waals surface area contributed by atoms with Crippen LogP contribution in [0.25, 0.3) is 16.9 Å². The Balaban J connectivity index is 1.32. The highest BCUT2D eigenvalue weighted by Gasteiger charge is 2.51. The van der Waals surface area contributed by atoms with Gasteiger partial charge in [0.25, 0.3) is 5.78 Å². The van der Waals surface area contributed by atoms with Crippen LogP contribution < -0.4 is 4.90 Å². The molecule has 1 aliphatic heterocycles. The maximum Gasteiger partial charge on any atom is 0.407 e. The Morgan fingerprint density at radius 1 is 1.17 bits per heavy atom. The molecule has 1 unspecified atom stereocenters. The number of imidazole rings is 1. The van der Waals surface area contributed by atoms with Gasteiger partial charge in [0, 0.05) is 69.2 Å². The van der Waals surface area contributed by atoms with Crippen LogP contribution in [0, 0.1) is 5.92 Å². The molecule has 218 valence electrons. The molecule has 1 N–H and O–H groups in total. The molecule has 1 saturated heterocycles. The number of benzene rings is 1. The van der Waals surface area contributed by atoms with E-state index in [1.807, 2.05) is 28.8 Å². The van der Waals surface area contributed by atoms with E-state index in [9.17, 15) is 18.7 Å². The van der Waals surface area contributed by atoms with E-state index in [2.05, 4.69) is 38.8 Å². The number of piperazine rings is 1. The van der Waals surface area contributed by atoms with E-state index in [-0.39, 0.29) is 43.4 Å². The van der Waals surface area contributed by atoms with Gasteiger partial charge in [-0.25, -0.2) is 23.0 Å². The normalized spacial score (nSPS) is 22.2. The van der Waals surface area contributed by atoms with Crippen LogP contribution in [0.5, 0.6) is 0 Å². The Labute approximate surface area is 240 Å². The molecule has 4 aromatic rings. The number of hydrogen-bond acceptors (Lipinski definition) is 7. The van der Waals surface area contributed by atoms with Crippen molar-refractivity contribution < 1.29 is 18.7 Å². The van der Waals surface area contributed by atoms with Crippen LogP contribution in [0.2, 0.25) is 5.02 Å². The van der Waals surface area contributed by atoms with Gasteiger partial charge in [0.15, 0.2) is 11.5 Å². The molecular formula is C27H32ClF2N9O2. The molecule has 1 amide bonds. The minimum absolute atomic E-state index is 0.00838. The number of halogens is 3. The topological polar surface area (TPSA) is 108 Å². The SMILES string of the molecule is C[C@@H]1CN(c2nc3nncn3c3c2ncn3CCN(C)C(=O)O)[C@@H](C)CN1C(c1ccc(Cl)cc1)C1CC(F)(F)C1. The van der Waals surface area contributed by atoms with Gasteiger partial charge in [-0.05, 0) is 37.5 Å². The van der Waals surface area contributed by atoms with Gasteiger partial charge in [0.2, 0.25) is 5.92 Å². The lowest BCUT2D eigenvalue weighted by Gasteiger charge is -2.52. The Morgan fingerprint density at radius 2 is 1.90 bits per heavy atom. The molecule has 2 fully saturated rings. The number of nitrogens with zero attached hydrogens (tertiary/aromatic N) is 9. The van der Waals surface area contributed by atoms with Crippen molar-refractivity contribution in [2.75, 3.05) is 31.6 Å². The fourth-order valence-corrected chi connectivity index (χ4v) is 6.39. The summed E-state index contributed by atoms with van der Waals surface area (Å²) < 4.78 is 31.7. The summed E-state index contributed by atoms with van der Waals surface area (Å²) in [5.41, 5.74) is 2.39. The van der Waals surface area contributed by atoms with Crippen molar-refractivity contribution in [1.82, 2.24) is 38.9 Å². The van der Waals surface area contributed by atoms with Crippen LogP contribution in [-0.2, 0) is 6.54 Å². The molecular weight excluding hydrogens is 556 g/mol. The van der Waals surface area contributed by atoms with E-state index in [1.54, 1.807) is 17.1 Å². The molecule has 2 aliphatic rings. The smallest absolute Gasteiger partial charge is 0.407 e. The first kappa shape index (κ1) is 27.6. The molecule has 1 aromatic carbocycles. The number of alkyl halides is 2. The van der Waals surface area contributed by atoms with Crippen molar-refractivity contribution in [3.8, 4) is 0 Å². The predicted octanol–water partition coefficient (Wildman–Crippen LogP) is 4.42. The minimum atomic E-state index is -2.62. The summed E-state index contributed by atoms with van der Waals surface area (Å²) in [6, 6.07) is 7.42. The zero-order chi connectivity index (χ0) is 29.1. The number of likely N-dealkylation sites (N-methyl/N-ethyl adjacent to an activating group) is 1. The first-order valence-corrected chi connectivity index (χ1v) is 14.0. The van der Waals surface area contributed by atoms with Crippen molar-refractivity contribution in [3.63, 3.8) is 0 Å². The van der Waals surface area contributed by atoms with Crippen molar-refractivity contribution in [1.29, 1.82) is 0 Å². The highest BCUT2D eigenvalue weighted by molar-refractivity contribution is 6.30. The lowest BCUT2D eigenvalue weighted by molar-refractivity contribution is -0.137. The average Bonchev–Trinajstić information content (AvgIpc) is 3.55. The third-order valence-electron chi connectivity index (χ3n) is 8.43. The summed E-state index contributed by atoms with van der Waals surface area (Å²) in [5.74, 6) is -1.68. The molecule has 0 spiro atoms. The molecule has 3 atom stereocenters. The lowest BCUT2D eigenvalue weighted by atomic mass is 9.73. The summed E-state index contributed by atoms with van der Waals surface area (Å²) in [5, 5.41) is 18.1. The van der Waals surface area contributed by atoms with E-state index in [1.165, 1.54) is 11.9 Å². The average molecular weight is 588 g/mol. The zero-order valence-electron chi connectivity index (χ0n) is 23.0. The first-order chi connectivity index (χ1) is 19.5. The van der Waals surface area contributed by atoms with E-state index in [0.717, 1.165) is 11.2 Å². The number of amides is 1. The number of hydrogen-bond donors (Lipinski definition) is 1.